The first-order chi connectivity index (χ1) is 13.6. The second kappa shape index (κ2) is 8.43. The van der Waals surface area contributed by atoms with Gasteiger partial charge in [0.1, 0.15) is 12.3 Å². The van der Waals surface area contributed by atoms with Crippen LogP contribution in [0.3, 0.4) is 0 Å². The average molecular weight is 383 g/mol. The Hall–Kier alpha value is -3.55. The summed E-state index contributed by atoms with van der Waals surface area (Å²) in [6, 6.07) is 10.8. The standard InChI is InChI=1S/C20H21N3O5/c1-26-15-6-4-5-13(9-15)10-21-17(24)12-23-20(25)18-14(11-22-23)7-8-16(27-2)19(18)28-3/h4-9,11H,10,12H2,1-3H3,(H,21,24). The van der Waals surface area contributed by atoms with E-state index in [1.54, 1.807) is 19.2 Å². The number of carbonyl (C=O) groups excluding carboxylic acids is 1. The first-order valence-corrected chi connectivity index (χ1v) is 8.57. The summed E-state index contributed by atoms with van der Waals surface area (Å²) in [4.78, 5) is 25.1. The number of methoxy groups -OCH3 is 3. The van der Waals surface area contributed by atoms with Crippen molar-refractivity contribution in [2.75, 3.05) is 21.3 Å². The lowest BCUT2D eigenvalue weighted by molar-refractivity contribution is -0.122. The molecule has 1 aromatic heterocycles. The fourth-order valence-corrected chi connectivity index (χ4v) is 2.87. The van der Waals surface area contributed by atoms with Crippen molar-refractivity contribution in [3.63, 3.8) is 0 Å². The van der Waals surface area contributed by atoms with Crippen molar-refractivity contribution in [3.8, 4) is 17.2 Å². The van der Waals surface area contributed by atoms with Gasteiger partial charge in [0.25, 0.3) is 5.56 Å². The second-order valence-electron chi connectivity index (χ2n) is 6.00. The number of fused-ring (bicyclic) bond motifs is 1. The predicted molar refractivity (Wildman–Crippen MR) is 104 cm³/mol. The van der Waals surface area contributed by atoms with Gasteiger partial charge in [0.05, 0.1) is 32.9 Å². The lowest BCUT2D eigenvalue weighted by Gasteiger charge is -2.12. The molecule has 0 fully saturated rings. The molecule has 8 nitrogen and oxygen atoms in total. The van der Waals surface area contributed by atoms with E-state index in [0.29, 0.717) is 34.6 Å². The number of nitrogens with one attached hydrogen (secondary N) is 1. The summed E-state index contributed by atoms with van der Waals surface area (Å²) in [5.41, 5.74) is 0.461. The summed E-state index contributed by atoms with van der Waals surface area (Å²) in [5.74, 6) is 1.13. The summed E-state index contributed by atoms with van der Waals surface area (Å²) in [6.45, 7) is 0.106. The highest BCUT2D eigenvalue weighted by Crippen LogP contribution is 2.32. The van der Waals surface area contributed by atoms with Gasteiger partial charge in [-0.2, -0.15) is 5.10 Å². The number of benzene rings is 2. The molecule has 0 saturated carbocycles. The number of hydrogen-bond donors (Lipinski definition) is 1. The SMILES string of the molecule is COc1cccc(CNC(=O)Cn2ncc3ccc(OC)c(OC)c3c2=O)c1. The maximum Gasteiger partial charge on any atom is 0.279 e. The molecule has 0 unspecified atom stereocenters. The summed E-state index contributed by atoms with van der Waals surface area (Å²) >= 11 is 0. The highest BCUT2D eigenvalue weighted by atomic mass is 16.5. The van der Waals surface area contributed by atoms with E-state index >= 15 is 0 Å². The molecule has 0 aliphatic heterocycles. The van der Waals surface area contributed by atoms with Gasteiger partial charge in [-0.1, -0.05) is 12.1 Å². The Labute approximate surface area is 161 Å². The van der Waals surface area contributed by atoms with Crippen LogP contribution < -0.4 is 25.1 Å². The van der Waals surface area contributed by atoms with E-state index in [1.807, 2.05) is 24.3 Å². The molecule has 1 N–H and O–H groups in total. The van der Waals surface area contributed by atoms with E-state index in [9.17, 15) is 9.59 Å². The topological polar surface area (TPSA) is 91.7 Å². The van der Waals surface area contributed by atoms with Crippen LogP contribution in [0.15, 0.2) is 47.4 Å². The number of carbonyl (C=O) groups is 1. The summed E-state index contributed by atoms with van der Waals surface area (Å²) < 4.78 is 16.8. The molecule has 0 aliphatic carbocycles. The Kier molecular flexibility index (Phi) is 5.78. The molecule has 0 radical (unpaired) electrons. The quantitative estimate of drug-likeness (QED) is 0.668. The fraction of sp³-hybridized carbons (Fsp3) is 0.250. The molecular formula is C20H21N3O5. The van der Waals surface area contributed by atoms with Crippen molar-refractivity contribution < 1.29 is 19.0 Å². The zero-order valence-corrected chi connectivity index (χ0v) is 15.9. The average Bonchev–Trinajstić information content (AvgIpc) is 2.73. The van der Waals surface area contributed by atoms with E-state index in [0.717, 1.165) is 10.2 Å². The minimum absolute atomic E-state index is 0.209. The van der Waals surface area contributed by atoms with Crippen molar-refractivity contribution in [1.82, 2.24) is 15.1 Å². The van der Waals surface area contributed by atoms with Gasteiger partial charge in [-0.25, -0.2) is 4.68 Å². The molecule has 0 atom stereocenters. The van der Waals surface area contributed by atoms with Gasteiger partial charge in [0.15, 0.2) is 11.5 Å². The van der Waals surface area contributed by atoms with Crippen molar-refractivity contribution in [3.05, 3.63) is 58.5 Å². The first-order valence-electron chi connectivity index (χ1n) is 8.57. The highest BCUT2D eigenvalue weighted by Gasteiger charge is 2.16. The van der Waals surface area contributed by atoms with Gasteiger partial charge in [0, 0.05) is 11.9 Å². The van der Waals surface area contributed by atoms with Crippen LogP contribution >= 0.6 is 0 Å². The third-order valence-electron chi connectivity index (χ3n) is 4.28. The highest BCUT2D eigenvalue weighted by molar-refractivity contribution is 5.89. The Morgan fingerprint density at radius 2 is 1.93 bits per heavy atom. The number of amides is 1. The van der Waals surface area contributed by atoms with Crippen LogP contribution in [-0.4, -0.2) is 37.0 Å². The molecule has 3 aromatic rings. The van der Waals surface area contributed by atoms with Crippen molar-refractivity contribution in [2.45, 2.75) is 13.1 Å². The number of ether oxygens (including phenoxy) is 3. The lowest BCUT2D eigenvalue weighted by Crippen LogP contribution is -2.33. The van der Waals surface area contributed by atoms with Gasteiger partial charge < -0.3 is 19.5 Å². The van der Waals surface area contributed by atoms with Crippen LogP contribution in [0.25, 0.3) is 10.8 Å². The van der Waals surface area contributed by atoms with Gasteiger partial charge in [-0.05, 0) is 29.8 Å². The minimum atomic E-state index is -0.426. The Balaban J connectivity index is 1.80. The van der Waals surface area contributed by atoms with Crippen molar-refractivity contribution in [2.24, 2.45) is 0 Å². The molecule has 3 rings (SSSR count). The van der Waals surface area contributed by atoms with Gasteiger partial charge in [-0.15, -0.1) is 0 Å². The zero-order chi connectivity index (χ0) is 20.1. The van der Waals surface area contributed by atoms with Gasteiger partial charge in [-0.3, -0.25) is 9.59 Å². The first kappa shape index (κ1) is 19.2. The molecule has 0 aliphatic rings. The number of nitrogens with zero attached hydrogens (tertiary/aromatic N) is 2. The van der Waals surface area contributed by atoms with Gasteiger partial charge >= 0.3 is 0 Å². The molecule has 28 heavy (non-hydrogen) atoms. The van der Waals surface area contributed by atoms with E-state index < -0.39 is 5.56 Å². The van der Waals surface area contributed by atoms with Crippen molar-refractivity contribution >= 4 is 16.7 Å². The van der Waals surface area contributed by atoms with E-state index in [4.69, 9.17) is 14.2 Å². The van der Waals surface area contributed by atoms with E-state index in [2.05, 4.69) is 10.4 Å². The largest absolute Gasteiger partial charge is 0.497 e. The summed E-state index contributed by atoms with van der Waals surface area (Å²) in [5, 5.41) is 7.79. The van der Waals surface area contributed by atoms with Crippen LogP contribution in [-0.2, 0) is 17.9 Å². The minimum Gasteiger partial charge on any atom is -0.497 e. The Morgan fingerprint density at radius 3 is 2.64 bits per heavy atom. The van der Waals surface area contributed by atoms with Crippen LogP contribution in [0.2, 0.25) is 0 Å². The zero-order valence-electron chi connectivity index (χ0n) is 15.9. The van der Waals surface area contributed by atoms with Crippen LogP contribution in [0, 0.1) is 0 Å². The molecule has 1 amide bonds. The third-order valence-corrected chi connectivity index (χ3v) is 4.28. The maximum atomic E-state index is 12.8. The Bertz CT molecular complexity index is 1060. The molecule has 2 aromatic carbocycles. The Morgan fingerprint density at radius 1 is 1.11 bits per heavy atom. The van der Waals surface area contributed by atoms with E-state index in [-0.39, 0.29) is 12.5 Å². The molecule has 0 spiro atoms. The molecular weight excluding hydrogens is 362 g/mol. The lowest BCUT2D eigenvalue weighted by atomic mass is 10.1. The summed E-state index contributed by atoms with van der Waals surface area (Å²) in [7, 11) is 4.54. The van der Waals surface area contributed by atoms with Gasteiger partial charge in [0.2, 0.25) is 5.91 Å². The second-order valence-corrected chi connectivity index (χ2v) is 6.00. The molecule has 146 valence electrons. The maximum absolute atomic E-state index is 12.8. The number of hydrogen-bond acceptors (Lipinski definition) is 6. The monoisotopic (exact) mass is 383 g/mol. The molecule has 8 heteroatoms. The number of rotatable bonds is 7. The van der Waals surface area contributed by atoms with Crippen molar-refractivity contribution in [1.29, 1.82) is 0 Å². The van der Waals surface area contributed by atoms with Crippen LogP contribution in [0.1, 0.15) is 5.56 Å². The van der Waals surface area contributed by atoms with E-state index in [1.165, 1.54) is 20.4 Å². The summed E-state index contributed by atoms with van der Waals surface area (Å²) in [6.07, 6.45) is 1.52. The molecule has 0 bridgehead atoms. The number of aromatic nitrogens is 2. The predicted octanol–water partition coefficient (Wildman–Crippen LogP) is 1.74. The normalized spacial score (nSPS) is 10.5. The molecule has 1 heterocycles. The fourth-order valence-electron chi connectivity index (χ4n) is 2.87. The van der Waals surface area contributed by atoms with Crippen LogP contribution in [0.4, 0.5) is 0 Å². The van der Waals surface area contributed by atoms with Crippen LogP contribution in [0.5, 0.6) is 17.2 Å². The smallest absolute Gasteiger partial charge is 0.279 e. The molecule has 0 saturated heterocycles. The third kappa shape index (κ3) is 3.90.